The van der Waals surface area contributed by atoms with Crippen molar-refractivity contribution >= 4 is 9.84 Å². The lowest BCUT2D eigenvalue weighted by Crippen LogP contribution is -2.25. The van der Waals surface area contributed by atoms with E-state index in [1.54, 1.807) is 12.3 Å². The lowest BCUT2D eigenvalue weighted by molar-refractivity contribution is -0.0436. The van der Waals surface area contributed by atoms with Crippen molar-refractivity contribution in [3.8, 4) is 11.6 Å². The van der Waals surface area contributed by atoms with E-state index in [-0.39, 0.29) is 17.9 Å². The van der Waals surface area contributed by atoms with Gasteiger partial charge in [0.25, 0.3) is 9.84 Å². The molecule has 3 rings (SSSR count). The molecule has 2 aromatic heterocycles. The molecule has 3 aromatic rings. The maximum atomic E-state index is 12.9. The third-order valence-corrected chi connectivity index (χ3v) is 6.16. The Morgan fingerprint density at radius 3 is 2.33 bits per heavy atom. The Morgan fingerprint density at radius 2 is 1.77 bits per heavy atom. The Morgan fingerprint density at radius 1 is 1.13 bits per heavy atom. The van der Waals surface area contributed by atoms with Crippen LogP contribution in [-0.4, -0.2) is 33.2 Å². The highest BCUT2D eigenvalue weighted by molar-refractivity contribution is 7.92. The summed E-state index contributed by atoms with van der Waals surface area (Å²) in [5.74, 6) is -0.392. The van der Waals surface area contributed by atoms with Gasteiger partial charge in [-0.25, -0.2) is 17.8 Å². The second kappa shape index (κ2) is 7.63. The number of aromatic nitrogens is 3. The molecule has 0 atom stereocenters. The van der Waals surface area contributed by atoms with E-state index in [0.29, 0.717) is 6.42 Å². The topological polar surface area (TPSA) is 94.2 Å². The van der Waals surface area contributed by atoms with Gasteiger partial charge in [-0.05, 0) is 55.3 Å². The highest BCUT2D eigenvalue weighted by atomic mass is 32.2. The summed E-state index contributed by atoms with van der Waals surface area (Å²) >= 11 is 0. The Kier molecular flexibility index (Phi) is 5.50. The van der Waals surface area contributed by atoms with Crippen LogP contribution in [0.2, 0.25) is 0 Å². The zero-order chi connectivity index (χ0) is 22.3. The summed E-state index contributed by atoms with van der Waals surface area (Å²) in [6, 6.07) is 7.11. The number of sulfone groups is 1. The van der Waals surface area contributed by atoms with E-state index in [2.05, 4.69) is 4.98 Å². The van der Waals surface area contributed by atoms with Crippen LogP contribution in [0.1, 0.15) is 23.9 Å². The van der Waals surface area contributed by atoms with Crippen LogP contribution in [0.3, 0.4) is 0 Å². The van der Waals surface area contributed by atoms with Gasteiger partial charge in [0.1, 0.15) is 0 Å². The van der Waals surface area contributed by atoms with Crippen LogP contribution in [-0.2, 0) is 22.8 Å². The molecule has 2 heterocycles. The van der Waals surface area contributed by atoms with E-state index in [4.69, 9.17) is 0 Å². The van der Waals surface area contributed by atoms with E-state index in [1.807, 2.05) is 13.0 Å². The fraction of sp³-hybridized carbons (Fsp3) is 0.263. The molecule has 0 bridgehead atoms. The predicted molar refractivity (Wildman–Crippen MR) is 102 cm³/mol. The van der Waals surface area contributed by atoms with Crippen LogP contribution in [0.25, 0.3) is 5.69 Å². The van der Waals surface area contributed by atoms with E-state index in [1.165, 1.54) is 11.5 Å². The third kappa shape index (κ3) is 3.72. The Balaban J connectivity index is 2.02. The number of alkyl halides is 3. The van der Waals surface area contributed by atoms with Crippen LogP contribution >= 0.6 is 0 Å². The fourth-order valence-electron chi connectivity index (χ4n) is 2.97. The van der Waals surface area contributed by atoms with Crippen molar-refractivity contribution in [2.45, 2.75) is 37.2 Å². The van der Waals surface area contributed by atoms with Crippen molar-refractivity contribution in [2.24, 2.45) is 0 Å². The molecule has 0 saturated carbocycles. The average Bonchev–Trinajstić information content (AvgIpc) is 2.90. The van der Waals surface area contributed by atoms with Gasteiger partial charge in [0.15, 0.2) is 0 Å². The van der Waals surface area contributed by atoms with Gasteiger partial charge >= 0.3 is 11.2 Å². The zero-order valence-corrected chi connectivity index (χ0v) is 16.8. The van der Waals surface area contributed by atoms with Gasteiger partial charge in [-0.3, -0.25) is 9.55 Å². The number of halogens is 3. The largest absolute Gasteiger partial charge is 0.501 e. The molecule has 0 amide bonds. The molecule has 0 saturated heterocycles. The maximum absolute atomic E-state index is 12.9. The molecule has 0 aliphatic carbocycles. The third-order valence-electron chi connectivity index (χ3n) is 4.66. The van der Waals surface area contributed by atoms with E-state index in [9.17, 15) is 31.5 Å². The minimum atomic E-state index is -5.51. The van der Waals surface area contributed by atoms with E-state index < -0.39 is 31.8 Å². The van der Waals surface area contributed by atoms with Crippen LogP contribution in [0.4, 0.5) is 13.2 Å². The molecule has 7 nitrogen and oxygen atoms in total. The number of rotatable bonds is 5. The van der Waals surface area contributed by atoms with Crippen LogP contribution in [0, 0.1) is 6.92 Å². The van der Waals surface area contributed by atoms with Gasteiger partial charge in [0.05, 0.1) is 22.8 Å². The van der Waals surface area contributed by atoms with Gasteiger partial charge in [-0.15, -0.1) is 0 Å². The Hall–Kier alpha value is -3.08. The van der Waals surface area contributed by atoms with Crippen molar-refractivity contribution in [1.82, 2.24) is 14.1 Å². The minimum absolute atomic E-state index is 0.0319. The van der Waals surface area contributed by atoms with Crippen molar-refractivity contribution in [1.29, 1.82) is 0 Å². The van der Waals surface area contributed by atoms with Crippen LogP contribution in [0.5, 0.6) is 5.88 Å². The molecule has 11 heteroatoms. The van der Waals surface area contributed by atoms with Gasteiger partial charge in [0, 0.05) is 11.9 Å². The first-order valence-electron chi connectivity index (χ1n) is 8.84. The molecule has 0 aliphatic rings. The van der Waals surface area contributed by atoms with Gasteiger partial charge < -0.3 is 5.11 Å². The van der Waals surface area contributed by atoms with Crippen LogP contribution < -0.4 is 5.69 Å². The number of benzene rings is 1. The average molecular weight is 441 g/mol. The van der Waals surface area contributed by atoms with Crippen LogP contribution in [0.15, 0.2) is 52.3 Å². The molecule has 0 unspecified atom stereocenters. The zero-order valence-electron chi connectivity index (χ0n) is 16.0. The van der Waals surface area contributed by atoms with Crippen molar-refractivity contribution < 1.29 is 26.7 Å². The first-order valence-corrected chi connectivity index (χ1v) is 10.3. The van der Waals surface area contributed by atoms with Crippen molar-refractivity contribution in [3.63, 3.8) is 0 Å². The first kappa shape index (κ1) is 21.6. The first-order chi connectivity index (χ1) is 14.0. The Bertz CT molecular complexity index is 1240. The quantitative estimate of drug-likeness (QED) is 0.657. The van der Waals surface area contributed by atoms with Crippen molar-refractivity contribution in [2.75, 3.05) is 0 Å². The molecule has 1 N–H and O–H groups in total. The number of aryl methyl sites for hydroxylation is 1. The number of nitrogens with zero attached hydrogens (tertiary/aromatic N) is 3. The Labute approximate surface area is 170 Å². The SMILES string of the molecule is CCc1cc(Cn2c(C)c(O)n(-c3ccc(S(=O)(=O)C(F)(F)F)cc3)c2=O)ccn1. The molecule has 160 valence electrons. The number of hydrogen-bond donors (Lipinski definition) is 1. The van der Waals surface area contributed by atoms with E-state index in [0.717, 1.165) is 40.1 Å². The summed E-state index contributed by atoms with van der Waals surface area (Å²) in [6.07, 6.45) is 2.33. The second-order valence-electron chi connectivity index (χ2n) is 6.57. The molecule has 30 heavy (non-hydrogen) atoms. The molecule has 0 aliphatic heterocycles. The minimum Gasteiger partial charge on any atom is -0.493 e. The van der Waals surface area contributed by atoms with Gasteiger partial charge in [0.2, 0.25) is 5.88 Å². The molecule has 0 fully saturated rings. The molecule has 0 radical (unpaired) electrons. The monoisotopic (exact) mass is 441 g/mol. The van der Waals surface area contributed by atoms with Gasteiger partial charge in [-0.1, -0.05) is 6.92 Å². The number of imidazole rings is 1. The number of hydrogen-bond acceptors (Lipinski definition) is 5. The standard InChI is InChI=1S/C19H18F3N3O4S/c1-3-14-10-13(8-9-23-14)11-24-12(2)17(26)25(18(24)27)15-4-6-16(7-5-15)30(28,29)19(20,21)22/h4-10,26H,3,11H2,1-2H3. The van der Waals surface area contributed by atoms with Crippen molar-refractivity contribution in [3.05, 3.63) is 70.0 Å². The highest BCUT2D eigenvalue weighted by Crippen LogP contribution is 2.31. The molecule has 0 spiro atoms. The summed E-state index contributed by atoms with van der Waals surface area (Å²) in [4.78, 5) is 16.1. The number of aromatic hydroxyl groups is 1. The molecular formula is C19H18F3N3O4S. The lowest BCUT2D eigenvalue weighted by Gasteiger charge is -2.09. The smallest absolute Gasteiger partial charge is 0.493 e. The fourth-order valence-corrected chi connectivity index (χ4v) is 3.73. The predicted octanol–water partition coefficient (Wildman–Crippen LogP) is 2.95. The number of pyridine rings is 1. The normalized spacial score (nSPS) is 12.3. The summed E-state index contributed by atoms with van der Waals surface area (Å²) in [7, 11) is -5.51. The summed E-state index contributed by atoms with van der Waals surface area (Å²) in [5.41, 5.74) is -4.15. The molecular weight excluding hydrogens is 423 g/mol. The summed E-state index contributed by atoms with van der Waals surface area (Å²) < 4.78 is 63.3. The van der Waals surface area contributed by atoms with E-state index >= 15 is 0 Å². The summed E-state index contributed by atoms with van der Waals surface area (Å²) in [5, 5.41) is 10.4. The van der Waals surface area contributed by atoms with Gasteiger partial charge in [-0.2, -0.15) is 13.2 Å². The molecule has 1 aromatic carbocycles. The summed E-state index contributed by atoms with van der Waals surface area (Å²) in [6.45, 7) is 3.62. The second-order valence-corrected chi connectivity index (χ2v) is 8.51. The maximum Gasteiger partial charge on any atom is 0.501 e. The lowest BCUT2D eigenvalue weighted by atomic mass is 10.2. The highest BCUT2D eigenvalue weighted by Gasteiger charge is 2.46.